The van der Waals surface area contributed by atoms with Gasteiger partial charge >= 0.3 is 0 Å². The SMILES string of the molecule is C=CCC1NCCS1. The fraction of sp³-hybridized carbons (Fsp3) is 0.667. The van der Waals surface area contributed by atoms with Crippen molar-refractivity contribution >= 4 is 11.8 Å². The summed E-state index contributed by atoms with van der Waals surface area (Å²) in [7, 11) is 0. The molecule has 0 aromatic rings. The van der Waals surface area contributed by atoms with Gasteiger partial charge in [0.1, 0.15) is 0 Å². The minimum Gasteiger partial charge on any atom is -0.304 e. The topological polar surface area (TPSA) is 12.0 Å². The van der Waals surface area contributed by atoms with Gasteiger partial charge in [0, 0.05) is 12.3 Å². The summed E-state index contributed by atoms with van der Waals surface area (Å²) in [6, 6.07) is 0. The average molecular weight is 129 g/mol. The van der Waals surface area contributed by atoms with Crippen LogP contribution in [-0.2, 0) is 0 Å². The first-order valence-electron chi connectivity index (χ1n) is 2.89. The van der Waals surface area contributed by atoms with Crippen LogP contribution in [-0.4, -0.2) is 17.7 Å². The molecule has 1 rings (SSSR count). The molecule has 0 aliphatic carbocycles. The number of thioether (sulfide) groups is 1. The highest BCUT2D eigenvalue weighted by atomic mass is 32.2. The van der Waals surface area contributed by atoms with Crippen LogP contribution in [0.2, 0.25) is 0 Å². The molecule has 46 valence electrons. The Morgan fingerprint density at radius 1 is 1.88 bits per heavy atom. The number of hydrogen-bond acceptors (Lipinski definition) is 2. The van der Waals surface area contributed by atoms with Gasteiger partial charge in [-0.05, 0) is 6.42 Å². The maximum Gasteiger partial charge on any atom is 0.0567 e. The molecule has 1 nitrogen and oxygen atoms in total. The van der Waals surface area contributed by atoms with Crippen LogP contribution in [0.15, 0.2) is 12.7 Å². The van der Waals surface area contributed by atoms with E-state index >= 15 is 0 Å². The van der Waals surface area contributed by atoms with Crippen LogP contribution in [0.3, 0.4) is 0 Å². The number of nitrogens with one attached hydrogen (secondary N) is 1. The number of hydrogen-bond donors (Lipinski definition) is 1. The first kappa shape index (κ1) is 6.17. The van der Waals surface area contributed by atoms with Gasteiger partial charge in [-0.1, -0.05) is 6.08 Å². The van der Waals surface area contributed by atoms with Crippen LogP contribution in [0.25, 0.3) is 0 Å². The summed E-state index contributed by atoms with van der Waals surface area (Å²) < 4.78 is 0. The monoisotopic (exact) mass is 129 g/mol. The Bertz CT molecular complexity index is 76.6. The lowest BCUT2D eigenvalue weighted by atomic mass is 10.4. The minimum atomic E-state index is 0.660. The normalized spacial score (nSPS) is 28.2. The molecule has 1 unspecified atom stereocenters. The van der Waals surface area contributed by atoms with Crippen molar-refractivity contribution in [2.75, 3.05) is 12.3 Å². The van der Waals surface area contributed by atoms with Crippen molar-refractivity contribution < 1.29 is 0 Å². The van der Waals surface area contributed by atoms with Gasteiger partial charge in [0.25, 0.3) is 0 Å². The fourth-order valence-corrected chi connectivity index (χ4v) is 1.81. The summed E-state index contributed by atoms with van der Waals surface area (Å²) in [6.45, 7) is 4.84. The average Bonchev–Trinajstić information content (AvgIpc) is 2.19. The highest BCUT2D eigenvalue weighted by Gasteiger charge is 2.11. The van der Waals surface area contributed by atoms with Crippen molar-refractivity contribution in [1.82, 2.24) is 5.32 Å². The highest BCUT2D eigenvalue weighted by Crippen LogP contribution is 2.16. The Morgan fingerprint density at radius 2 is 2.75 bits per heavy atom. The van der Waals surface area contributed by atoms with Crippen LogP contribution in [0.4, 0.5) is 0 Å². The van der Waals surface area contributed by atoms with Crippen molar-refractivity contribution in [3.8, 4) is 0 Å². The minimum absolute atomic E-state index is 0.660. The molecule has 1 aliphatic heterocycles. The highest BCUT2D eigenvalue weighted by molar-refractivity contribution is 8.00. The molecule has 1 fully saturated rings. The Hall–Kier alpha value is 0.0500. The maximum absolute atomic E-state index is 3.67. The molecular formula is C6H11NS. The molecule has 1 heterocycles. The molecule has 1 N–H and O–H groups in total. The first-order chi connectivity index (χ1) is 3.93. The molecule has 0 amide bonds. The van der Waals surface area contributed by atoms with E-state index in [1.54, 1.807) is 0 Å². The molecule has 0 saturated carbocycles. The molecule has 0 spiro atoms. The second kappa shape index (κ2) is 3.15. The van der Waals surface area contributed by atoms with Crippen molar-refractivity contribution in [2.45, 2.75) is 11.8 Å². The van der Waals surface area contributed by atoms with E-state index in [2.05, 4.69) is 11.9 Å². The van der Waals surface area contributed by atoms with Crippen LogP contribution < -0.4 is 5.32 Å². The van der Waals surface area contributed by atoms with Gasteiger partial charge in [-0.2, -0.15) is 0 Å². The van der Waals surface area contributed by atoms with Gasteiger partial charge in [-0.25, -0.2) is 0 Å². The smallest absolute Gasteiger partial charge is 0.0567 e. The first-order valence-corrected chi connectivity index (χ1v) is 3.94. The third-order valence-corrected chi connectivity index (χ3v) is 2.38. The molecular weight excluding hydrogens is 118 g/mol. The zero-order valence-electron chi connectivity index (χ0n) is 4.89. The quantitative estimate of drug-likeness (QED) is 0.563. The van der Waals surface area contributed by atoms with E-state index in [9.17, 15) is 0 Å². The van der Waals surface area contributed by atoms with Gasteiger partial charge in [0.15, 0.2) is 0 Å². The second-order valence-electron chi connectivity index (χ2n) is 1.84. The fourth-order valence-electron chi connectivity index (χ4n) is 0.783. The van der Waals surface area contributed by atoms with Crippen molar-refractivity contribution in [3.05, 3.63) is 12.7 Å². The molecule has 0 aromatic carbocycles. The van der Waals surface area contributed by atoms with Crippen LogP contribution >= 0.6 is 11.8 Å². The van der Waals surface area contributed by atoms with Crippen LogP contribution in [0.5, 0.6) is 0 Å². The van der Waals surface area contributed by atoms with E-state index in [1.165, 1.54) is 12.3 Å². The standard InChI is InChI=1S/C6H11NS/c1-2-3-6-7-4-5-8-6/h2,6-7H,1,3-5H2. The maximum atomic E-state index is 3.67. The van der Waals surface area contributed by atoms with Gasteiger partial charge in [-0.15, -0.1) is 18.3 Å². The van der Waals surface area contributed by atoms with Gasteiger partial charge in [0.2, 0.25) is 0 Å². The molecule has 0 bridgehead atoms. The third-order valence-electron chi connectivity index (χ3n) is 1.17. The molecule has 1 aliphatic rings. The predicted octanol–water partition coefficient (Wildman–Crippen LogP) is 1.22. The van der Waals surface area contributed by atoms with Crippen LogP contribution in [0, 0.1) is 0 Å². The third kappa shape index (κ3) is 1.53. The zero-order chi connectivity index (χ0) is 5.82. The largest absolute Gasteiger partial charge is 0.304 e. The summed E-state index contributed by atoms with van der Waals surface area (Å²) >= 11 is 1.98. The second-order valence-corrected chi connectivity index (χ2v) is 3.15. The van der Waals surface area contributed by atoms with E-state index in [-0.39, 0.29) is 0 Å². The summed E-state index contributed by atoms with van der Waals surface area (Å²) in [4.78, 5) is 0. The molecule has 0 radical (unpaired) electrons. The predicted molar refractivity (Wildman–Crippen MR) is 39.1 cm³/mol. The molecule has 1 atom stereocenters. The van der Waals surface area contributed by atoms with E-state index in [0.29, 0.717) is 5.37 Å². The van der Waals surface area contributed by atoms with Crippen molar-refractivity contribution in [2.24, 2.45) is 0 Å². The molecule has 2 heteroatoms. The lowest BCUT2D eigenvalue weighted by Crippen LogP contribution is -2.18. The van der Waals surface area contributed by atoms with E-state index < -0.39 is 0 Å². The van der Waals surface area contributed by atoms with Gasteiger partial charge in [0.05, 0.1) is 5.37 Å². The number of rotatable bonds is 2. The van der Waals surface area contributed by atoms with Gasteiger partial charge in [-0.3, -0.25) is 0 Å². The molecule has 8 heavy (non-hydrogen) atoms. The van der Waals surface area contributed by atoms with E-state index in [4.69, 9.17) is 0 Å². The molecule has 1 saturated heterocycles. The molecule has 0 aromatic heterocycles. The van der Waals surface area contributed by atoms with E-state index in [0.717, 1.165) is 6.42 Å². The zero-order valence-corrected chi connectivity index (χ0v) is 5.71. The van der Waals surface area contributed by atoms with Crippen molar-refractivity contribution in [1.29, 1.82) is 0 Å². The lowest BCUT2D eigenvalue weighted by Gasteiger charge is -2.02. The Labute approximate surface area is 54.5 Å². The Morgan fingerprint density at radius 3 is 3.25 bits per heavy atom. The summed E-state index contributed by atoms with van der Waals surface area (Å²) in [5, 5.41) is 4.01. The summed E-state index contributed by atoms with van der Waals surface area (Å²) in [6.07, 6.45) is 3.07. The summed E-state index contributed by atoms with van der Waals surface area (Å²) in [5.41, 5.74) is 0. The summed E-state index contributed by atoms with van der Waals surface area (Å²) in [5.74, 6) is 1.26. The Balaban J connectivity index is 2.14. The van der Waals surface area contributed by atoms with Gasteiger partial charge < -0.3 is 5.32 Å². The lowest BCUT2D eigenvalue weighted by molar-refractivity contribution is 0.719. The van der Waals surface area contributed by atoms with Crippen molar-refractivity contribution in [3.63, 3.8) is 0 Å². The van der Waals surface area contributed by atoms with Crippen LogP contribution in [0.1, 0.15) is 6.42 Å². The Kier molecular flexibility index (Phi) is 2.43. The van der Waals surface area contributed by atoms with E-state index in [1.807, 2.05) is 17.8 Å².